The van der Waals surface area contributed by atoms with Crippen molar-refractivity contribution >= 4 is 18.1 Å². The molecule has 0 bridgehead atoms. The van der Waals surface area contributed by atoms with Crippen molar-refractivity contribution in [2.24, 2.45) is 0 Å². The Balaban J connectivity index is 1.22. The first-order chi connectivity index (χ1) is 23.1. The van der Waals surface area contributed by atoms with Crippen molar-refractivity contribution in [2.75, 3.05) is 72.6 Å². The van der Waals surface area contributed by atoms with Crippen LogP contribution in [0, 0.1) is 0 Å². The lowest BCUT2D eigenvalue weighted by Gasteiger charge is -2.31. The highest BCUT2D eigenvalue weighted by molar-refractivity contribution is 5.90. The van der Waals surface area contributed by atoms with Gasteiger partial charge in [-0.3, -0.25) is 4.79 Å². The fourth-order valence-electron chi connectivity index (χ4n) is 5.34. The molecule has 3 rings (SSSR count). The van der Waals surface area contributed by atoms with Crippen molar-refractivity contribution < 1.29 is 42.8 Å². The number of amides is 3. The Morgan fingerprint density at radius 1 is 0.646 bits per heavy atom. The predicted octanol–water partition coefficient (Wildman–Crippen LogP) is 4.79. The number of carbonyl (C=O) groups excluding carboxylic acids is 3. The lowest BCUT2D eigenvalue weighted by atomic mass is 9.92. The Labute approximate surface area is 284 Å². The van der Waals surface area contributed by atoms with Crippen molar-refractivity contribution in [3.63, 3.8) is 0 Å². The molecule has 0 saturated heterocycles. The maximum absolute atomic E-state index is 13.2. The second-order valence-corrected chi connectivity index (χ2v) is 12.4. The molecule has 12 nitrogen and oxygen atoms in total. The van der Waals surface area contributed by atoms with Crippen LogP contribution < -0.4 is 16.0 Å². The van der Waals surface area contributed by atoms with Crippen LogP contribution in [-0.4, -0.2) is 102 Å². The first kappa shape index (κ1) is 38.7. The van der Waals surface area contributed by atoms with E-state index in [0.717, 1.165) is 22.3 Å². The van der Waals surface area contributed by atoms with Gasteiger partial charge in [-0.15, -0.1) is 0 Å². The zero-order chi connectivity index (χ0) is 34.8. The summed E-state index contributed by atoms with van der Waals surface area (Å²) in [6.45, 7) is 13.1. The number of nitrogens with one attached hydrogen (secondary N) is 3. The number of ether oxygens (including phenoxy) is 6. The topological polar surface area (TPSA) is 143 Å². The molecule has 2 aromatic carbocycles. The third-order valence-electron chi connectivity index (χ3n) is 7.89. The van der Waals surface area contributed by atoms with E-state index in [1.807, 2.05) is 38.1 Å². The molecule has 48 heavy (non-hydrogen) atoms. The van der Waals surface area contributed by atoms with Gasteiger partial charge in [0.2, 0.25) is 5.91 Å². The molecule has 1 aliphatic carbocycles. The van der Waals surface area contributed by atoms with Gasteiger partial charge in [-0.25, -0.2) is 9.59 Å². The van der Waals surface area contributed by atoms with E-state index in [0.29, 0.717) is 78.8 Å². The number of rotatable bonds is 21. The van der Waals surface area contributed by atoms with Gasteiger partial charge in [0.25, 0.3) is 0 Å². The SMILES string of the molecule is CCC(CC)(NC(=O)OCC1c2ccccc2-c2ccccc21)C(=O)NCCOCCOCCOCCOCCNC(=O)OC(C)(C)C. The Bertz CT molecular complexity index is 1250. The summed E-state index contributed by atoms with van der Waals surface area (Å²) in [6, 6.07) is 16.3. The van der Waals surface area contributed by atoms with Gasteiger partial charge in [0.05, 0.1) is 52.9 Å². The molecule has 0 aliphatic heterocycles. The van der Waals surface area contributed by atoms with Crippen LogP contribution in [0.3, 0.4) is 0 Å². The average Bonchev–Trinajstić information content (AvgIpc) is 3.38. The highest BCUT2D eigenvalue weighted by Gasteiger charge is 2.37. The van der Waals surface area contributed by atoms with E-state index in [2.05, 4.69) is 40.2 Å². The fourth-order valence-corrected chi connectivity index (χ4v) is 5.34. The third kappa shape index (κ3) is 12.4. The molecule has 2 aromatic rings. The summed E-state index contributed by atoms with van der Waals surface area (Å²) in [5.74, 6) is -0.336. The minimum absolute atomic E-state index is 0.0598. The van der Waals surface area contributed by atoms with Gasteiger partial charge < -0.3 is 44.4 Å². The van der Waals surface area contributed by atoms with Crippen LogP contribution in [0.2, 0.25) is 0 Å². The van der Waals surface area contributed by atoms with E-state index < -0.39 is 23.3 Å². The fraction of sp³-hybridized carbons (Fsp3) is 0.583. The van der Waals surface area contributed by atoms with Crippen LogP contribution in [0.15, 0.2) is 48.5 Å². The summed E-state index contributed by atoms with van der Waals surface area (Å²) in [6.07, 6.45) is -0.265. The van der Waals surface area contributed by atoms with Crippen molar-refractivity contribution in [2.45, 2.75) is 64.5 Å². The van der Waals surface area contributed by atoms with Crippen LogP contribution in [0.1, 0.15) is 64.5 Å². The molecule has 0 atom stereocenters. The summed E-state index contributed by atoms with van der Waals surface area (Å²) < 4.78 is 32.8. The predicted molar refractivity (Wildman–Crippen MR) is 182 cm³/mol. The Kier molecular flexibility index (Phi) is 16.1. The standard InChI is InChI=1S/C36H53N3O9/c1-6-36(7-2,39-34(42)47-26-31-29-14-10-8-12-27(29)28-13-9-11-15-30(28)31)32(40)37-16-18-43-20-22-45-24-25-46-23-21-44-19-17-38-33(41)48-35(3,4)5/h8-15,31H,6-7,16-26H2,1-5H3,(H,37,40)(H,38,41)(H,39,42). The Morgan fingerprint density at radius 2 is 1.10 bits per heavy atom. The van der Waals surface area contributed by atoms with Gasteiger partial charge in [-0.05, 0) is 55.9 Å². The van der Waals surface area contributed by atoms with Gasteiger partial charge in [0.1, 0.15) is 17.7 Å². The number of alkyl carbamates (subject to hydrolysis) is 2. The van der Waals surface area contributed by atoms with Crippen molar-refractivity contribution in [1.29, 1.82) is 0 Å². The first-order valence-electron chi connectivity index (χ1n) is 16.8. The van der Waals surface area contributed by atoms with Gasteiger partial charge >= 0.3 is 12.2 Å². The largest absolute Gasteiger partial charge is 0.449 e. The van der Waals surface area contributed by atoms with Crippen LogP contribution in [0.4, 0.5) is 9.59 Å². The molecule has 266 valence electrons. The zero-order valence-corrected chi connectivity index (χ0v) is 29.1. The highest BCUT2D eigenvalue weighted by atomic mass is 16.6. The highest BCUT2D eigenvalue weighted by Crippen LogP contribution is 2.44. The maximum Gasteiger partial charge on any atom is 0.408 e. The number of benzene rings is 2. The van der Waals surface area contributed by atoms with E-state index in [1.54, 1.807) is 20.8 Å². The molecular weight excluding hydrogens is 618 g/mol. The normalized spacial score (nSPS) is 12.6. The van der Waals surface area contributed by atoms with E-state index in [4.69, 9.17) is 28.4 Å². The molecule has 0 aromatic heterocycles. The smallest absolute Gasteiger partial charge is 0.408 e. The average molecular weight is 672 g/mol. The van der Waals surface area contributed by atoms with Crippen molar-refractivity contribution in [3.05, 3.63) is 59.7 Å². The number of carbonyl (C=O) groups is 3. The molecule has 0 unspecified atom stereocenters. The summed E-state index contributed by atoms with van der Waals surface area (Å²) in [7, 11) is 0. The minimum atomic E-state index is -1.09. The maximum atomic E-state index is 13.2. The Hall–Kier alpha value is -3.71. The second kappa shape index (κ2) is 20.0. The van der Waals surface area contributed by atoms with Gasteiger partial charge in [-0.1, -0.05) is 62.4 Å². The van der Waals surface area contributed by atoms with E-state index in [9.17, 15) is 14.4 Å². The summed E-state index contributed by atoms with van der Waals surface area (Å²) >= 11 is 0. The molecule has 1 aliphatic rings. The zero-order valence-electron chi connectivity index (χ0n) is 29.1. The molecule has 0 radical (unpaired) electrons. The molecule has 12 heteroatoms. The number of hydrogen-bond donors (Lipinski definition) is 3. The van der Waals surface area contributed by atoms with Gasteiger partial charge in [-0.2, -0.15) is 0 Å². The number of hydrogen-bond acceptors (Lipinski definition) is 9. The summed E-state index contributed by atoms with van der Waals surface area (Å²) in [5, 5.41) is 8.34. The third-order valence-corrected chi connectivity index (χ3v) is 7.89. The summed E-state index contributed by atoms with van der Waals surface area (Å²) in [4.78, 5) is 37.6. The molecule has 3 N–H and O–H groups in total. The second-order valence-electron chi connectivity index (χ2n) is 12.4. The lowest BCUT2D eigenvalue weighted by Crippen LogP contribution is -2.58. The summed E-state index contributed by atoms with van der Waals surface area (Å²) in [5.41, 5.74) is 2.95. The van der Waals surface area contributed by atoms with Crippen molar-refractivity contribution in [1.82, 2.24) is 16.0 Å². The van der Waals surface area contributed by atoms with Crippen molar-refractivity contribution in [3.8, 4) is 11.1 Å². The monoisotopic (exact) mass is 671 g/mol. The molecule has 0 saturated carbocycles. The van der Waals surface area contributed by atoms with Crippen LogP contribution in [0.5, 0.6) is 0 Å². The van der Waals surface area contributed by atoms with Gasteiger partial charge in [0.15, 0.2) is 0 Å². The van der Waals surface area contributed by atoms with Crippen LogP contribution in [-0.2, 0) is 33.2 Å². The lowest BCUT2D eigenvalue weighted by molar-refractivity contribution is -0.128. The first-order valence-corrected chi connectivity index (χ1v) is 16.8. The van der Waals surface area contributed by atoms with Gasteiger partial charge in [0, 0.05) is 19.0 Å². The molecule has 0 spiro atoms. The van der Waals surface area contributed by atoms with Crippen LogP contribution in [0.25, 0.3) is 11.1 Å². The molecular formula is C36H53N3O9. The number of fused-ring (bicyclic) bond motifs is 3. The molecule has 0 fully saturated rings. The van der Waals surface area contributed by atoms with E-state index in [1.165, 1.54) is 0 Å². The van der Waals surface area contributed by atoms with E-state index in [-0.39, 0.29) is 18.4 Å². The molecule has 3 amide bonds. The minimum Gasteiger partial charge on any atom is -0.449 e. The van der Waals surface area contributed by atoms with Crippen LogP contribution >= 0.6 is 0 Å². The Morgan fingerprint density at radius 3 is 1.58 bits per heavy atom. The quantitative estimate of drug-likeness (QED) is 0.160. The molecule has 0 heterocycles. The van der Waals surface area contributed by atoms with E-state index >= 15 is 0 Å².